The SMILES string of the molecule is C=C(/C=C\C)c1cn(-c2ccccc2)nn1. The van der Waals surface area contributed by atoms with Crippen molar-refractivity contribution < 1.29 is 0 Å². The first kappa shape index (κ1) is 10.4. The van der Waals surface area contributed by atoms with Crippen LogP contribution in [0.3, 0.4) is 0 Å². The Labute approximate surface area is 94.7 Å². The maximum atomic E-state index is 4.07. The molecule has 0 saturated carbocycles. The summed E-state index contributed by atoms with van der Waals surface area (Å²) in [6.45, 7) is 5.87. The molecule has 0 aliphatic heterocycles. The van der Waals surface area contributed by atoms with Crippen molar-refractivity contribution in [3.63, 3.8) is 0 Å². The van der Waals surface area contributed by atoms with Gasteiger partial charge in [-0.05, 0) is 24.6 Å². The highest BCUT2D eigenvalue weighted by atomic mass is 15.4. The van der Waals surface area contributed by atoms with E-state index in [-0.39, 0.29) is 0 Å². The lowest BCUT2D eigenvalue weighted by Crippen LogP contribution is -1.93. The molecule has 0 radical (unpaired) electrons. The number of nitrogens with zero attached hydrogens (tertiary/aromatic N) is 3. The van der Waals surface area contributed by atoms with Crippen molar-refractivity contribution in [1.82, 2.24) is 15.0 Å². The van der Waals surface area contributed by atoms with Crippen molar-refractivity contribution in [2.45, 2.75) is 6.92 Å². The summed E-state index contributed by atoms with van der Waals surface area (Å²) in [7, 11) is 0. The van der Waals surface area contributed by atoms with Gasteiger partial charge >= 0.3 is 0 Å². The minimum Gasteiger partial charge on any atom is -0.220 e. The van der Waals surface area contributed by atoms with Gasteiger partial charge in [0.25, 0.3) is 0 Å². The first-order valence-corrected chi connectivity index (χ1v) is 5.11. The van der Waals surface area contributed by atoms with Gasteiger partial charge in [0.2, 0.25) is 0 Å². The predicted molar refractivity (Wildman–Crippen MR) is 65.2 cm³/mol. The lowest BCUT2D eigenvalue weighted by atomic mass is 10.2. The van der Waals surface area contributed by atoms with Gasteiger partial charge in [0.1, 0.15) is 5.69 Å². The second-order valence-corrected chi connectivity index (χ2v) is 3.41. The Bertz CT molecular complexity index is 509. The van der Waals surface area contributed by atoms with Crippen LogP contribution in [0, 0.1) is 0 Å². The lowest BCUT2D eigenvalue weighted by Gasteiger charge is -1.97. The normalized spacial score (nSPS) is 10.8. The molecule has 0 fully saturated rings. The van der Waals surface area contributed by atoms with E-state index < -0.39 is 0 Å². The monoisotopic (exact) mass is 211 g/mol. The Kier molecular flexibility index (Phi) is 2.96. The lowest BCUT2D eigenvalue weighted by molar-refractivity contribution is 0.802. The Balaban J connectivity index is 2.30. The van der Waals surface area contributed by atoms with Gasteiger partial charge in [-0.1, -0.05) is 42.1 Å². The molecule has 1 heterocycles. The third-order valence-electron chi connectivity index (χ3n) is 2.21. The van der Waals surface area contributed by atoms with Crippen LogP contribution in [-0.2, 0) is 0 Å². The Hall–Kier alpha value is -2.16. The fourth-order valence-electron chi connectivity index (χ4n) is 1.40. The molecule has 0 spiro atoms. The van der Waals surface area contributed by atoms with Crippen LogP contribution in [0.4, 0.5) is 0 Å². The molecular formula is C13H13N3. The Morgan fingerprint density at radius 1 is 1.31 bits per heavy atom. The van der Waals surface area contributed by atoms with Gasteiger partial charge in [-0.3, -0.25) is 0 Å². The molecule has 0 amide bonds. The maximum Gasteiger partial charge on any atom is 0.112 e. The van der Waals surface area contributed by atoms with E-state index in [1.165, 1.54) is 0 Å². The summed E-state index contributed by atoms with van der Waals surface area (Å²) in [6.07, 6.45) is 5.72. The molecule has 0 N–H and O–H groups in total. The number of benzene rings is 1. The number of aromatic nitrogens is 3. The van der Waals surface area contributed by atoms with Crippen LogP contribution >= 0.6 is 0 Å². The van der Waals surface area contributed by atoms with Gasteiger partial charge < -0.3 is 0 Å². The minimum atomic E-state index is 0.793. The summed E-state index contributed by atoms with van der Waals surface area (Å²) in [5, 5.41) is 8.13. The van der Waals surface area contributed by atoms with Gasteiger partial charge in [-0.2, -0.15) is 0 Å². The van der Waals surface area contributed by atoms with Crippen LogP contribution in [0.15, 0.2) is 55.3 Å². The summed E-state index contributed by atoms with van der Waals surface area (Å²) >= 11 is 0. The van der Waals surface area contributed by atoms with Crippen molar-refractivity contribution in [1.29, 1.82) is 0 Å². The van der Waals surface area contributed by atoms with E-state index in [2.05, 4.69) is 16.9 Å². The molecule has 2 aromatic rings. The van der Waals surface area contributed by atoms with Crippen molar-refractivity contribution in [2.75, 3.05) is 0 Å². The van der Waals surface area contributed by atoms with Crippen molar-refractivity contribution >= 4 is 5.57 Å². The standard InChI is InChI=1S/C13H13N3/c1-3-7-11(2)13-10-16(15-14-13)12-8-5-4-6-9-12/h3-10H,2H2,1H3/b7-3-. The maximum absolute atomic E-state index is 4.07. The van der Waals surface area contributed by atoms with Crippen molar-refractivity contribution in [2.24, 2.45) is 0 Å². The molecule has 0 bridgehead atoms. The number of rotatable bonds is 3. The van der Waals surface area contributed by atoms with Gasteiger partial charge in [0.15, 0.2) is 0 Å². The number of allylic oxidation sites excluding steroid dienone is 3. The number of hydrogen-bond acceptors (Lipinski definition) is 2. The highest BCUT2D eigenvalue weighted by molar-refractivity contribution is 5.68. The second kappa shape index (κ2) is 4.57. The largest absolute Gasteiger partial charge is 0.220 e. The quantitative estimate of drug-likeness (QED) is 0.731. The third-order valence-corrected chi connectivity index (χ3v) is 2.21. The molecule has 0 atom stereocenters. The third kappa shape index (κ3) is 2.08. The van der Waals surface area contributed by atoms with Crippen LogP contribution in [-0.4, -0.2) is 15.0 Å². The number of hydrogen-bond donors (Lipinski definition) is 0. The van der Waals surface area contributed by atoms with Gasteiger partial charge in [0, 0.05) is 0 Å². The first-order chi connectivity index (χ1) is 7.81. The zero-order valence-electron chi connectivity index (χ0n) is 9.17. The van der Waals surface area contributed by atoms with E-state index in [0.29, 0.717) is 0 Å². The zero-order valence-corrected chi connectivity index (χ0v) is 9.17. The van der Waals surface area contributed by atoms with E-state index in [0.717, 1.165) is 17.0 Å². The summed E-state index contributed by atoms with van der Waals surface area (Å²) in [5.41, 5.74) is 2.65. The summed E-state index contributed by atoms with van der Waals surface area (Å²) in [6, 6.07) is 9.88. The van der Waals surface area contributed by atoms with Gasteiger partial charge in [-0.25, -0.2) is 4.68 Å². The first-order valence-electron chi connectivity index (χ1n) is 5.11. The van der Waals surface area contributed by atoms with E-state index in [1.54, 1.807) is 4.68 Å². The molecule has 0 saturated heterocycles. The van der Waals surface area contributed by atoms with E-state index in [4.69, 9.17) is 0 Å². The average Bonchev–Trinajstić information content (AvgIpc) is 2.80. The van der Waals surface area contributed by atoms with E-state index >= 15 is 0 Å². The smallest absolute Gasteiger partial charge is 0.112 e. The molecule has 80 valence electrons. The number of para-hydroxylation sites is 1. The minimum absolute atomic E-state index is 0.793. The summed E-state index contributed by atoms with van der Waals surface area (Å²) in [5.74, 6) is 0. The molecular weight excluding hydrogens is 198 g/mol. The second-order valence-electron chi connectivity index (χ2n) is 3.41. The van der Waals surface area contributed by atoms with Gasteiger partial charge in [-0.15, -0.1) is 5.10 Å². The molecule has 1 aromatic heterocycles. The fourth-order valence-corrected chi connectivity index (χ4v) is 1.40. The molecule has 2 rings (SSSR count). The Morgan fingerprint density at radius 3 is 2.75 bits per heavy atom. The van der Waals surface area contributed by atoms with Crippen LogP contribution in [0.1, 0.15) is 12.6 Å². The molecule has 16 heavy (non-hydrogen) atoms. The highest BCUT2D eigenvalue weighted by Crippen LogP contribution is 2.12. The van der Waals surface area contributed by atoms with E-state index in [9.17, 15) is 0 Å². The van der Waals surface area contributed by atoms with E-state index in [1.807, 2.05) is 55.6 Å². The van der Waals surface area contributed by atoms with Crippen LogP contribution < -0.4 is 0 Å². The molecule has 0 unspecified atom stereocenters. The highest BCUT2D eigenvalue weighted by Gasteiger charge is 2.03. The van der Waals surface area contributed by atoms with Crippen molar-refractivity contribution in [3.05, 3.63) is 61.0 Å². The van der Waals surface area contributed by atoms with Crippen LogP contribution in [0.5, 0.6) is 0 Å². The fraction of sp³-hybridized carbons (Fsp3) is 0.0769. The molecule has 1 aromatic carbocycles. The van der Waals surface area contributed by atoms with Crippen molar-refractivity contribution in [3.8, 4) is 5.69 Å². The summed E-state index contributed by atoms with van der Waals surface area (Å²) < 4.78 is 1.74. The average molecular weight is 211 g/mol. The van der Waals surface area contributed by atoms with Crippen LogP contribution in [0.25, 0.3) is 11.3 Å². The zero-order chi connectivity index (χ0) is 11.4. The van der Waals surface area contributed by atoms with Crippen LogP contribution in [0.2, 0.25) is 0 Å². The molecule has 3 heteroatoms. The summed E-state index contributed by atoms with van der Waals surface area (Å²) in [4.78, 5) is 0. The predicted octanol–water partition coefficient (Wildman–Crippen LogP) is 2.86. The topological polar surface area (TPSA) is 30.7 Å². The molecule has 3 nitrogen and oxygen atoms in total. The molecule has 0 aliphatic rings. The van der Waals surface area contributed by atoms with Gasteiger partial charge in [0.05, 0.1) is 11.9 Å². The Morgan fingerprint density at radius 2 is 2.06 bits per heavy atom. The molecule has 0 aliphatic carbocycles.